The molecule has 0 spiro atoms. The fraction of sp³-hybridized carbons (Fsp3) is 0.857. The molecule has 1 N–H and O–H groups in total. The molecule has 12 heavy (non-hydrogen) atoms. The number of hydrogen-bond donors (Lipinski definition) is 1. The number of esters is 1. The van der Waals surface area contributed by atoms with Gasteiger partial charge in [-0.3, -0.25) is 9.00 Å². The first-order chi connectivity index (χ1) is 5.66. The summed E-state index contributed by atoms with van der Waals surface area (Å²) >= 11 is 0. The van der Waals surface area contributed by atoms with Gasteiger partial charge in [-0.2, -0.15) is 0 Å². The van der Waals surface area contributed by atoms with Crippen molar-refractivity contribution < 1.29 is 13.7 Å². The first-order valence-corrected chi connectivity index (χ1v) is 5.56. The average Bonchev–Trinajstić information content (AvgIpc) is 1.98. The molecule has 0 radical (unpaired) electrons. The molecule has 0 saturated heterocycles. The molecule has 0 amide bonds. The van der Waals surface area contributed by atoms with Gasteiger partial charge in [0.2, 0.25) is 0 Å². The van der Waals surface area contributed by atoms with Crippen LogP contribution in [0.4, 0.5) is 0 Å². The van der Waals surface area contributed by atoms with Crippen molar-refractivity contribution in [2.24, 2.45) is 0 Å². The van der Waals surface area contributed by atoms with Gasteiger partial charge in [0.15, 0.2) is 0 Å². The van der Waals surface area contributed by atoms with Crippen LogP contribution < -0.4 is 5.32 Å². The largest absolute Gasteiger partial charge is 0.465 e. The van der Waals surface area contributed by atoms with E-state index < -0.39 is 10.8 Å². The van der Waals surface area contributed by atoms with E-state index in [0.29, 0.717) is 18.9 Å². The first-order valence-electron chi connectivity index (χ1n) is 3.83. The van der Waals surface area contributed by atoms with Crippen molar-refractivity contribution >= 4 is 16.8 Å². The van der Waals surface area contributed by atoms with Gasteiger partial charge in [-0.15, -0.1) is 0 Å². The lowest BCUT2D eigenvalue weighted by molar-refractivity contribution is -0.141. The maximum absolute atomic E-state index is 10.7. The van der Waals surface area contributed by atoms with Crippen LogP contribution >= 0.6 is 0 Å². The van der Waals surface area contributed by atoms with Gasteiger partial charge in [0.25, 0.3) is 0 Å². The smallest absolute Gasteiger partial charge is 0.319 e. The van der Waals surface area contributed by atoms with E-state index in [0.717, 1.165) is 0 Å². The lowest BCUT2D eigenvalue weighted by Crippen LogP contribution is -2.28. The Morgan fingerprint density at radius 1 is 1.58 bits per heavy atom. The number of carbonyl (C=O) groups excluding carboxylic acids is 1. The van der Waals surface area contributed by atoms with Gasteiger partial charge in [-0.05, 0) is 6.92 Å². The highest BCUT2D eigenvalue weighted by Gasteiger charge is 1.99. The van der Waals surface area contributed by atoms with E-state index in [1.165, 1.54) is 0 Å². The second-order valence-corrected chi connectivity index (χ2v) is 3.81. The summed E-state index contributed by atoms with van der Waals surface area (Å²) in [6.07, 6.45) is 1.63. The zero-order chi connectivity index (χ0) is 9.40. The highest BCUT2D eigenvalue weighted by Crippen LogP contribution is 1.76. The van der Waals surface area contributed by atoms with E-state index in [-0.39, 0.29) is 12.5 Å². The fourth-order valence-electron chi connectivity index (χ4n) is 0.618. The molecule has 1 atom stereocenters. The molecular formula is C7H15NO3S. The minimum atomic E-state index is -0.799. The minimum absolute atomic E-state index is 0.199. The predicted molar refractivity (Wildman–Crippen MR) is 48.4 cm³/mol. The topological polar surface area (TPSA) is 55.4 Å². The Morgan fingerprint density at radius 3 is 2.75 bits per heavy atom. The molecule has 0 aromatic rings. The van der Waals surface area contributed by atoms with Gasteiger partial charge in [-0.25, -0.2) is 0 Å². The molecule has 72 valence electrons. The zero-order valence-corrected chi connectivity index (χ0v) is 8.28. The van der Waals surface area contributed by atoms with E-state index in [1.807, 2.05) is 0 Å². The SMILES string of the molecule is CCOC(=O)CNCCS(C)=O. The van der Waals surface area contributed by atoms with Gasteiger partial charge in [-0.1, -0.05) is 0 Å². The van der Waals surface area contributed by atoms with Crippen LogP contribution in [0.2, 0.25) is 0 Å². The van der Waals surface area contributed by atoms with E-state index >= 15 is 0 Å². The maximum Gasteiger partial charge on any atom is 0.319 e. The van der Waals surface area contributed by atoms with Crippen molar-refractivity contribution in [1.29, 1.82) is 0 Å². The Bertz CT molecular complexity index is 161. The van der Waals surface area contributed by atoms with Gasteiger partial charge in [0, 0.05) is 29.4 Å². The molecule has 0 saturated carbocycles. The molecule has 0 aliphatic heterocycles. The lowest BCUT2D eigenvalue weighted by Gasteiger charge is -2.02. The third-order valence-corrected chi connectivity index (χ3v) is 1.92. The summed E-state index contributed by atoms with van der Waals surface area (Å²) in [5.41, 5.74) is 0. The Hall–Kier alpha value is -0.420. The maximum atomic E-state index is 10.7. The molecule has 0 bridgehead atoms. The minimum Gasteiger partial charge on any atom is -0.465 e. The third kappa shape index (κ3) is 7.68. The van der Waals surface area contributed by atoms with Crippen molar-refractivity contribution in [3.8, 4) is 0 Å². The second kappa shape index (κ2) is 7.24. The molecule has 0 aliphatic rings. The van der Waals surface area contributed by atoms with Crippen LogP contribution in [0.1, 0.15) is 6.92 Å². The molecular weight excluding hydrogens is 178 g/mol. The standard InChI is InChI=1S/C7H15NO3S/c1-3-11-7(9)6-8-4-5-12(2)10/h8H,3-6H2,1-2H3. The highest BCUT2D eigenvalue weighted by atomic mass is 32.2. The average molecular weight is 193 g/mol. The molecule has 5 heteroatoms. The Kier molecular flexibility index (Phi) is 6.99. The monoisotopic (exact) mass is 193 g/mol. The third-order valence-electron chi connectivity index (χ3n) is 1.14. The van der Waals surface area contributed by atoms with Crippen molar-refractivity contribution in [2.45, 2.75) is 6.92 Å². The normalized spacial score (nSPS) is 12.5. The Balaban J connectivity index is 3.19. The van der Waals surface area contributed by atoms with E-state index in [4.69, 9.17) is 0 Å². The van der Waals surface area contributed by atoms with Crippen molar-refractivity contribution in [1.82, 2.24) is 5.32 Å². The van der Waals surface area contributed by atoms with Crippen LogP contribution in [0.3, 0.4) is 0 Å². The quantitative estimate of drug-likeness (QED) is 0.457. The second-order valence-electron chi connectivity index (χ2n) is 2.26. The molecule has 0 heterocycles. The highest BCUT2D eigenvalue weighted by molar-refractivity contribution is 7.84. The van der Waals surface area contributed by atoms with E-state index in [9.17, 15) is 9.00 Å². The van der Waals surface area contributed by atoms with Crippen LogP contribution in [0.5, 0.6) is 0 Å². The van der Waals surface area contributed by atoms with Gasteiger partial charge < -0.3 is 10.1 Å². The number of ether oxygens (including phenoxy) is 1. The lowest BCUT2D eigenvalue weighted by atomic mass is 10.6. The molecule has 4 nitrogen and oxygen atoms in total. The number of nitrogens with one attached hydrogen (secondary N) is 1. The summed E-state index contributed by atoms with van der Waals surface area (Å²) in [5, 5.41) is 2.83. The van der Waals surface area contributed by atoms with Crippen molar-refractivity contribution in [3.05, 3.63) is 0 Å². The van der Waals surface area contributed by atoms with Crippen LogP contribution in [-0.2, 0) is 20.3 Å². The predicted octanol–water partition coefficient (Wildman–Crippen LogP) is -0.482. The molecule has 0 aliphatic carbocycles. The van der Waals surface area contributed by atoms with Gasteiger partial charge in [0.1, 0.15) is 0 Å². The van der Waals surface area contributed by atoms with Crippen LogP contribution in [0.25, 0.3) is 0 Å². The van der Waals surface area contributed by atoms with Crippen molar-refractivity contribution in [3.63, 3.8) is 0 Å². The Morgan fingerprint density at radius 2 is 2.25 bits per heavy atom. The summed E-state index contributed by atoms with van der Waals surface area (Å²) in [6, 6.07) is 0. The fourth-order valence-corrected chi connectivity index (χ4v) is 1.05. The summed E-state index contributed by atoms with van der Waals surface area (Å²) in [4.78, 5) is 10.7. The molecule has 0 fully saturated rings. The summed E-state index contributed by atoms with van der Waals surface area (Å²) < 4.78 is 15.2. The first kappa shape index (κ1) is 11.6. The van der Waals surface area contributed by atoms with Crippen molar-refractivity contribution in [2.75, 3.05) is 31.7 Å². The number of carbonyl (C=O) groups is 1. The molecule has 1 unspecified atom stereocenters. The number of hydrogen-bond acceptors (Lipinski definition) is 4. The number of rotatable bonds is 6. The van der Waals surface area contributed by atoms with Crippen LogP contribution in [0, 0.1) is 0 Å². The van der Waals surface area contributed by atoms with Gasteiger partial charge >= 0.3 is 5.97 Å². The van der Waals surface area contributed by atoms with Gasteiger partial charge in [0.05, 0.1) is 13.2 Å². The summed E-state index contributed by atoms with van der Waals surface area (Å²) in [6.45, 7) is 2.95. The van der Waals surface area contributed by atoms with E-state index in [1.54, 1.807) is 13.2 Å². The molecule has 0 aromatic heterocycles. The molecule has 0 rings (SSSR count). The summed E-state index contributed by atoms with van der Waals surface area (Å²) in [7, 11) is -0.799. The summed E-state index contributed by atoms with van der Waals surface area (Å²) in [5.74, 6) is 0.304. The zero-order valence-electron chi connectivity index (χ0n) is 7.46. The van der Waals surface area contributed by atoms with Crippen LogP contribution in [0.15, 0.2) is 0 Å². The molecule has 0 aromatic carbocycles. The van der Waals surface area contributed by atoms with Crippen LogP contribution in [-0.4, -0.2) is 41.9 Å². The van der Waals surface area contributed by atoms with E-state index in [2.05, 4.69) is 10.1 Å². The Labute approximate surface area is 75.1 Å².